The second kappa shape index (κ2) is 12.6. The number of hydrogen-bond donors (Lipinski definition) is 4. The van der Waals surface area contributed by atoms with Gasteiger partial charge < -0.3 is 30.3 Å². The number of nitrogens with zero attached hydrogens (tertiary/aromatic N) is 6. The number of anilines is 3. The fourth-order valence-corrected chi connectivity index (χ4v) is 7.01. The number of carboxylic acids is 1. The predicted octanol–water partition coefficient (Wildman–Crippen LogP) is 5.23. The molecule has 252 valence electrons. The van der Waals surface area contributed by atoms with Crippen LogP contribution in [0.3, 0.4) is 0 Å². The molecule has 14 nitrogen and oxygen atoms in total. The molecule has 15 heteroatoms. The molecule has 4 heterocycles. The van der Waals surface area contributed by atoms with Gasteiger partial charge in [-0.1, -0.05) is 17.3 Å². The van der Waals surface area contributed by atoms with E-state index >= 15 is 0 Å². The average Bonchev–Trinajstić information content (AvgIpc) is 3.77. The van der Waals surface area contributed by atoms with E-state index in [2.05, 4.69) is 35.9 Å². The zero-order valence-electron chi connectivity index (χ0n) is 27.0. The number of thiazole rings is 1. The molecule has 4 N–H and O–H groups in total. The van der Waals surface area contributed by atoms with Crippen molar-refractivity contribution in [1.29, 1.82) is 0 Å². The van der Waals surface area contributed by atoms with Gasteiger partial charge in [0.25, 0.3) is 5.91 Å². The zero-order chi connectivity index (χ0) is 34.3. The van der Waals surface area contributed by atoms with Gasteiger partial charge in [0.15, 0.2) is 11.4 Å². The molecular weight excluding hydrogens is 648 g/mol. The molecule has 5 aromatic rings. The number of aliphatic carboxylic acids is 1. The summed E-state index contributed by atoms with van der Waals surface area (Å²) in [4.78, 5) is 38.7. The van der Waals surface area contributed by atoms with Gasteiger partial charge >= 0.3 is 5.97 Å². The molecule has 1 saturated carbocycles. The smallest absolute Gasteiger partial charge is 0.306 e. The van der Waals surface area contributed by atoms with Gasteiger partial charge in [0, 0.05) is 23.6 Å². The third-order valence-corrected chi connectivity index (χ3v) is 10.0. The van der Waals surface area contributed by atoms with E-state index in [9.17, 15) is 19.8 Å². The molecule has 0 unspecified atom stereocenters. The Morgan fingerprint density at radius 1 is 1.14 bits per heavy atom. The summed E-state index contributed by atoms with van der Waals surface area (Å²) in [6, 6.07) is 13.1. The minimum Gasteiger partial charge on any atom is -0.497 e. The standard InChI is InChI=1S/C34H34N8O6S/c1-33(2)30(45)38-25-15-21(14-23(28(25)48-33)27-16-36-31(49-27)34(46)11-8-20(9-12-34)29(43)44)37-32-35-13-10-24(39-32)26-18-42(41-40-26)17-19-4-6-22(47-3)7-5-19/h4-7,10,13-16,18,20,46H,8-9,11-12,17H2,1-3H3,(H,38,45)(H,43,44)(H,35,37,39)/t20-,34-. The second-order valence-corrected chi connectivity index (χ2v) is 13.7. The van der Waals surface area contributed by atoms with Crippen molar-refractivity contribution in [3.8, 4) is 33.3 Å². The van der Waals surface area contributed by atoms with E-state index in [4.69, 9.17) is 9.47 Å². The number of hydrogen-bond acceptors (Lipinski definition) is 12. The highest BCUT2D eigenvalue weighted by molar-refractivity contribution is 7.15. The summed E-state index contributed by atoms with van der Waals surface area (Å²) in [6.45, 7) is 3.90. The molecule has 0 saturated heterocycles. The number of rotatable bonds is 9. The summed E-state index contributed by atoms with van der Waals surface area (Å²) in [5, 5.41) is 36.1. The Morgan fingerprint density at radius 3 is 2.65 bits per heavy atom. The van der Waals surface area contributed by atoms with Crippen LogP contribution in [-0.2, 0) is 21.7 Å². The molecule has 1 amide bonds. The number of carboxylic acid groups (broad SMARTS) is 1. The van der Waals surface area contributed by atoms with E-state index < -0.39 is 23.1 Å². The van der Waals surface area contributed by atoms with E-state index in [1.165, 1.54) is 11.3 Å². The minimum atomic E-state index is -1.22. The van der Waals surface area contributed by atoms with Crippen LogP contribution in [0.1, 0.15) is 50.1 Å². The van der Waals surface area contributed by atoms with Crippen molar-refractivity contribution in [2.75, 3.05) is 17.7 Å². The largest absolute Gasteiger partial charge is 0.497 e. The Balaban J connectivity index is 1.16. The fourth-order valence-electron chi connectivity index (χ4n) is 5.93. The van der Waals surface area contributed by atoms with E-state index in [0.717, 1.165) is 11.3 Å². The van der Waals surface area contributed by atoms with Crippen molar-refractivity contribution < 1.29 is 29.3 Å². The number of methoxy groups -OCH3 is 1. The molecule has 1 fully saturated rings. The first-order valence-electron chi connectivity index (χ1n) is 15.7. The lowest BCUT2D eigenvalue weighted by Gasteiger charge is -2.33. The maximum atomic E-state index is 12.9. The number of aliphatic hydroxyl groups is 1. The molecule has 7 rings (SSSR count). The molecule has 0 bridgehead atoms. The molecule has 49 heavy (non-hydrogen) atoms. The van der Waals surface area contributed by atoms with Gasteiger partial charge in [-0.3, -0.25) is 9.59 Å². The molecule has 0 spiro atoms. The molecule has 1 aliphatic heterocycles. The summed E-state index contributed by atoms with van der Waals surface area (Å²) in [5.41, 5.74) is 1.51. The van der Waals surface area contributed by atoms with Gasteiger partial charge in [-0.15, -0.1) is 16.4 Å². The monoisotopic (exact) mass is 682 g/mol. The van der Waals surface area contributed by atoms with E-state index in [1.54, 1.807) is 50.2 Å². The highest BCUT2D eigenvalue weighted by atomic mass is 32.1. The van der Waals surface area contributed by atoms with Crippen LogP contribution in [0, 0.1) is 5.92 Å². The lowest BCUT2D eigenvalue weighted by atomic mass is 9.79. The normalized spacial score (nSPS) is 19.8. The summed E-state index contributed by atoms with van der Waals surface area (Å²) < 4.78 is 13.2. The molecule has 1 aliphatic carbocycles. The summed E-state index contributed by atoms with van der Waals surface area (Å²) >= 11 is 1.31. The molecule has 3 aromatic heterocycles. The molecule has 2 aliphatic rings. The number of ether oxygens (including phenoxy) is 2. The predicted molar refractivity (Wildman–Crippen MR) is 181 cm³/mol. The Morgan fingerprint density at radius 2 is 1.92 bits per heavy atom. The first kappa shape index (κ1) is 32.2. The summed E-state index contributed by atoms with van der Waals surface area (Å²) in [6.07, 6.45) is 6.45. The van der Waals surface area contributed by atoms with E-state index in [-0.39, 0.29) is 5.91 Å². The van der Waals surface area contributed by atoms with Crippen molar-refractivity contribution in [2.45, 2.75) is 57.3 Å². The van der Waals surface area contributed by atoms with Crippen LogP contribution in [0.5, 0.6) is 11.5 Å². The maximum Gasteiger partial charge on any atom is 0.306 e. The Bertz CT molecular complexity index is 2030. The Hall–Kier alpha value is -5.41. The number of nitrogens with one attached hydrogen (secondary N) is 2. The van der Waals surface area contributed by atoms with Gasteiger partial charge in [-0.25, -0.2) is 19.6 Å². The van der Waals surface area contributed by atoms with Crippen molar-refractivity contribution in [3.63, 3.8) is 0 Å². The van der Waals surface area contributed by atoms with Crippen LogP contribution in [0.25, 0.3) is 21.8 Å². The van der Waals surface area contributed by atoms with Crippen LogP contribution < -0.4 is 20.1 Å². The third kappa shape index (κ3) is 6.54. The first-order valence-corrected chi connectivity index (χ1v) is 16.6. The van der Waals surface area contributed by atoms with Crippen LogP contribution in [0.4, 0.5) is 17.3 Å². The van der Waals surface area contributed by atoms with Crippen molar-refractivity contribution in [1.82, 2.24) is 29.9 Å². The molecule has 0 radical (unpaired) electrons. The SMILES string of the molecule is COc1ccc(Cn2cc(-c3ccnc(Nc4cc5c(c(-c6cnc([C@]7(O)CC[C@H](C(=O)O)CC7)s6)c4)OC(C)(C)C(=O)N5)n3)nn2)cc1. The number of carbonyl (C=O) groups excluding carboxylic acids is 1. The van der Waals surface area contributed by atoms with E-state index in [0.29, 0.717) is 82.1 Å². The number of fused-ring (bicyclic) bond motifs is 1. The van der Waals surface area contributed by atoms with Crippen molar-refractivity contribution in [3.05, 3.63) is 71.6 Å². The highest BCUT2D eigenvalue weighted by Gasteiger charge is 2.41. The van der Waals surface area contributed by atoms with Gasteiger partial charge in [0.05, 0.1) is 42.0 Å². The van der Waals surface area contributed by atoms with E-state index in [1.807, 2.05) is 36.5 Å². The average molecular weight is 683 g/mol. The number of benzene rings is 2. The van der Waals surface area contributed by atoms with Gasteiger partial charge in [-0.05, 0) is 75.4 Å². The topological polar surface area (TPSA) is 186 Å². The number of carbonyl (C=O) groups is 2. The number of amides is 1. The third-order valence-electron chi connectivity index (χ3n) is 8.79. The molecular formula is C34H34N8O6S. The zero-order valence-corrected chi connectivity index (χ0v) is 27.8. The molecule has 0 atom stereocenters. The quantitative estimate of drug-likeness (QED) is 0.159. The number of aromatic nitrogens is 6. The Labute approximate surface area is 285 Å². The van der Waals surface area contributed by atoms with Crippen molar-refractivity contribution in [2.24, 2.45) is 5.92 Å². The lowest BCUT2D eigenvalue weighted by Crippen LogP contribution is -2.45. The molecule has 2 aromatic carbocycles. The van der Waals surface area contributed by atoms with Crippen LogP contribution >= 0.6 is 11.3 Å². The first-order chi connectivity index (χ1) is 23.5. The van der Waals surface area contributed by atoms with Gasteiger partial charge in [0.2, 0.25) is 5.95 Å². The van der Waals surface area contributed by atoms with Gasteiger partial charge in [0.1, 0.15) is 22.1 Å². The van der Waals surface area contributed by atoms with Gasteiger partial charge in [-0.2, -0.15) is 0 Å². The summed E-state index contributed by atoms with van der Waals surface area (Å²) in [5.74, 6) is -0.0681. The van der Waals surface area contributed by atoms with Crippen LogP contribution in [0.2, 0.25) is 0 Å². The lowest BCUT2D eigenvalue weighted by molar-refractivity contribution is -0.145. The van der Waals surface area contributed by atoms with Crippen molar-refractivity contribution >= 4 is 40.5 Å². The highest BCUT2D eigenvalue weighted by Crippen LogP contribution is 2.48. The Kier molecular flexibility index (Phi) is 8.24. The maximum absolute atomic E-state index is 12.9. The minimum absolute atomic E-state index is 0.297. The summed E-state index contributed by atoms with van der Waals surface area (Å²) in [7, 11) is 1.63. The second-order valence-electron chi connectivity index (χ2n) is 12.7. The fraction of sp³-hybridized carbons (Fsp3) is 0.324. The van der Waals surface area contributed by atoms with Crippen LogP contribution in [0.15, 0.2) is 61.1 Å². The van der Waals surface area contributed by atoms with Crippen LogP contribution in [-0.4, -0.2) is 64.7 Å².